The molecule has 2 unspecified atom stereocenters. The Bertz CT molecular complexity index is 194. The van der Waals surface area contributed by atoms with Crippen LogP contribution in [0.5, 0.6) is 0 Å². The smallest absolute Gasteiger partial charge is 0.0858 e. The van der Waals surface area contributed by atoms with Crippen LogP contribution in [0.4, 0.5) is 0 Å². The van der Waals surface area contributed by atoms with E-state index in [2.05, 4.69) is 30.6 Å². The van der Waals surface area contributed by atoms with Crippen LogP contribution in [-0.2, 0) is 4.74 Å². The molecule has 0 saturated carbocycles. The maximum absolute atomic E-state index is 5.87. The summed E-state index contributed by atoms with van der Waals surface area (Å²) < 4.78 is 5.87. The van der Waals surface area contributed by atoms with Crippen molar-refractivity contribution in [3.8, 4) is 0 Å². The van der Waals surface area contributed by atoms with Crippen molar-refractivity contribution in [2.45, 2.75) is 38.8 Å². The van der Waals surface area contributed by atoms with Crippen LogP contribution in [0.25, 0.3) is 0 Å². The third-order valence-corrected chi connectivity index (χ3v) is 3.05. The molecule has 1 N–H and O–H groups in total. The highest BCUT2D eigenvalue weighted by atomic mass is 16.5. The Kier molecular flexibility index (Phi) is 6.69. The van der Waals surface area contributed by atoms with Gasteiger partial charge in [0.25, 0.3) is 0 Å². The van der Waals surface area contributed by atoms with Crippen molar-refractivity contribution >= 4 is 0 Å². The van der Waals surface area contributed by atoms with Gasteiger partial charge in [-0.1, -0.05) is 19.9 Å². The summed E-state index contributed by atoms with van der Waals surface area (Å²) in [6.07, 6.45) is 4.51. The highest BCUT2D eigenvalue weighted by molar-refractivity contribution is 4.87. The molecule has 0 aromatic rings. The minimum atomic E-state index is 0.318. The molecule has 2 atom stereocenters. The average Bonchev–Trinajstić information content (AvgIpc) is 2.30. The summed E-state index contributed by atoms with van der Waals surface area (Å²) in [6, 6.07) is 0.419. The number of nitrogens with one attached hydrogen (secondary N) is 1. The van der Waals surface area contributed by atoms with Crippen LogP contribution in [-0.4, -0.2) is 49.8 Å². The lowest BCUT2D eigenvalue weighted by molar-refractivity contribution is -0.0455. The molecule has 0 amide bonds. The van der Waals surface area contributed by atoms with E-state index in [-0.39, 0.29) is 0 Å². The van der Waals surface area contributed by atoms with Gasteiger partial charge in [-0.25, -0.2) is 0 Å². The highest BCUT2D eigenvalue weighted by Crippen LogP contribution is 2.12. The fourth-order valence-corrected chi connectivity index (χ4v) is 2.30. The monoisotopic (exact) mass is 226 g/mol. The van der Waals surface area contributed by atoms with Crippen molar-refractivity contribution in [2.24, 2.45) is 0 Å². The third-order valence-electron chi connectivity index (χ3n) is 3.05. The first kappa shape index (κ1) is 13.7. The van der Waals surface area contributed by atoms with Gasteiger partial charge in [-0.05, 0) is 25.9 Å². The topological polar surface area (TPSA) is 24.5 Å². The van der Waals surface area contributed by atoms with Gasteiger partial charge < -0.3 is 10.1 Å². The number of nitrogens with zero attached hydrogens (tertiary/aromatic N) is 1. The Labute approximate surface area is 99.8 Å². The molecule has 0 radical (unpaired) electrons. The van der Waals surface area contributed by atoms with Gasteiger partial charge in [0.2, 0.25) is 0 Å². The largest absolute Gasteiger partial charge is 0.374 e. The molecular weight excluding hydrogens is 200 g/mol. The molecule has 1 aliphatic rings. The standard InChI is InChI=1S/C13H26N2O/c1-4-7-12(14-6-3)13-11-15(8-5-2)9-10-16-13/h4,12-14H,1,5-11H2,2-3H3. The molecule has 16 heavy (non-hydrogen) atoms. The Morgan fingerprint density at radius 1 is 1.56 bits per heavy atom. The SMILES string of the molecule is C=CCC(NCC)C1CN(CCC)CCO1. The van der Waals surface area contributed by atoms with Crippen LogP contribution in [0.1, 0.15) is 26.7 Å². The summed E-state index contributed by atoms with van der Waals surface area (Å²) in [5.74, 6) is 0. The van der Waals surface area contributed by atoms with Gasteiger partial charge in [-0.3, -0.25) is 4.90 Å². The number of morpholine rings is 1. The Hall–Kier alpha value is -0.380. The first-order valence-electron chi connectivity index (χ1n) is 6.50. The Morgan fingerprint density at radius 2 is 2.38 bits per heavy atom. The van der Waals surface area contributed by atoms with Crippen molar-refractivity contribution in [1.29, 1.82) is 0 Å². The molecule has 94 valence electrons. The van der Waals surface area contributed by atoms with Crippen molar-refractivity contribution in [3.63, 3.8) is 0 Å². The fraction of sp³-hybridized carbons (Fsp3) is 0.846. The molecule has 1 heterocycles. The van der Waals surface area contributed by atoms with Gasteiger partial charge in [-0.2, -0.15) is 0 Å². The van der Waals surface area contributed by atoms with E-state index in [4.69, 9.17) is 4.74 Å². The van der Waals surface area contributed by atoms with E-state index in [1.165, 1.54) is 13.0 Å². The quantitative estimate of drug-likeness (QED) is 0.668. The van der Waals surface area contributed by atoms with Gasteiger partial charge in [-0.15, -0.1) is 6.58 Å². The summed E-state index contributed by atoms with van der Waals surface area (Å²) in [4.78, 5) is 2.50. The number of likely N-dealkylation sites (N-methyl/N-ethyl adjacent to an activating group) is 1. The Balaban J connectivity index is 2.44. The lowest BCUT2D eigenvalue weighted by Gasteiger charge is -2.37. The van der Waals surface area contributed by atoms with Gasteiger partial charge >= 0.3 is 0 Å². The molecule has 3 heteroatoms. The van der Waals surface area contributed by atoms with Crippen LogP contribution in [0.3, 0.4) is 0 Å². The molecule has 1 fully saturated rings. The maximum Gasteiger partial charge on any atom is 0.0858 e. The fourth-order valence-electron chi connectivity index (χ4n) is 2.30. The minimum absolute atomic E-state index is 0.318. The summed E-state index contributed by atoms with van der Waals surface area (Å²) >= 11 is 0. The second kappa shape index (κ2) is 7.82. The van der Waals surface area contributed by atoms with Crippen LogP contribution >= 0.6 is 0 Å². The molecule has 0 bridgehead atoms. The zero-order valence-electron chi connectivity index (χ0n) is 10.7. The summed E-state index contributed by atoms with van der Waals surface area (Å²) in [5, 5.41) is 3.49. The van der Waals surface area contributed by atoms with Gasteiger partial charge in [0.1, 0.15) is 0 Å². The number of hydrogen-bond acceptors (Lipinski definition) is 3. The van der Waals surface area contributed by atoms with Crippen LogP contribution in [0.2, 0.25) is 0 Å². The minimum Gasteiger partial charge on any atom is -0.374 e. The Morgan fingerprint density at radius 3 is 3.00 bits per heavy atom. The summed E-state index contributed by atoms with van der Waals surface area (Å²) in [5.41, 5.74) is 0. The molecule has 0 aromatic heterocycles. The average molecular weight is 226 g/mol. The van der Waals surface area contributed by atoms with E-state index in [0.29, 0.717) is 12.1 Å². The number of hydrogen-bond donors (Lipinski definition) is 1. The number of rotatable bonds is 7. The molecule has 3 nitrogen and oxygen atoms in total. The van der Waals surface area contributed by atoms with E-state index in [1.54, 1.807) is 0 Å². The first-order valence-corrected chi connectivity index (χ1v) is 6.50. The van der Waals surface area contributed by atoms with Crippen molar-refractivity contribution in [3.05, 3.63) is 12.7 Å². The molecule has 1 saturated heterocycles. The van der Waals surface area contributed by atoms with E-state index < -0.39 is 0 Å². The lowest BCUT2D eigenvalue weighted by Crippen LogP contribution is -2.52. The first-order chi connectivity index (χ1) is 7.81. The van der Waals surface area contributed by atoms with Gasteiger partial charge in [0.15, 0.2) is 0 Å². The van der Waals surface area contributed by atoms with Crippen molar-refractivity contribution in [2.75, 3.05) is 32.8 Å². The predicted molar refractivity (Wildman–Crippen MR) is 68.7 cm³/mol. The van der Waals surface area contributed by atoms with Crippen LogP contribution < -0.4 is 5.32 Å². The molecule has 1 aliphatic heterocycles. The van der Waals surface area contributed by atoms with Gasteiger partial charge in [0.05, 0.1) is 12.7 Å². The lowest BCUT2D eigenvalue weighted by atomic mass is 10.1. The molecular formula is C13H26N2O. The normalized spacial score (nSPS) is 24.2. The van der Waals surface area contributed by atoms with Crippen molar-refractivity contribution in [1.82, 2.24) is 10.2 Å². The van der Waals surface area contributed by atoms with E-state index in [0.717, 1.165) is 32.7 Å². The zero-order valence-corrected chi connectivity index (χ0v) is 10.7. The molecule has 0 aliphatic carbocycles. The molecule has 0 spiro atoms. The maximum atomic E-state index is 5.87. The molecule has 0 aromatic carbocycles. The summed E-state index contributed by atoms with van der Waals surface area (Å²) in [6.45, 7) is 13.4. The van der Waals surface area contributed by atoms with Crippen molar-refractivity contribution < 1.29 is 4.74 Å². The van der Waals surface area contributed by atoms with Crippen LogP contribution in [0.15, 0.2) is 12.7 Å². The van der Waals surface area contributed by atoms with E-state index in [9.17, 15) is 0 Å². The van der Waals surface area contributed by atoms with E-state index >= 15 is 0 Å². The van der Waals surface area contributed by atoms with Crippen LogP contribution in [0, 0.1) is 0 Å². The second-order valence-electron chi connectivity index (χ2n) is 4.40. The van der Waals surface area contributed by atoms with Gasteiger partial charge in [0, 0.05) is 19.1 Å². The third kappa shape index (κ3) is 4.24. The molecule has 1 rings (SSSR count). The predicted octanol–water partition coefficient (Wildman–Crippen LogP) is 1.65. The summed E-state index contributed by atoms with van der Waals surface area (Å²) in [7, 11) is 0. The zero-order chi connectivity index (χ0) is 11.8. The number of ether oxygens (including phenoxy) is 1. The second-order valence-corrected chi connectivity index (χ2v) is 4.40. The van der Waals surface area contributed by atoms with E-state index in [1.807, 2.05) is 6.08 Å². The highest BCUT2D eigenvalue weighted by Gasteiger charge is 2.26.